The predicted octanol–water partition coefficient (Wildman–Crippen LogP) is 2.40. The number of benzene rings is 1. The van der Waals surface area contributed by atoms with Gasteiger partial charge in [-0.15, -0.1) is 0 Å². The van der Waals surface area contributed by atoms with E-state index in [4.69, 9.17) is 5.73 Å². The second-order valence-corrected chi connectivity index (χ2v) is 5.40. The zero-order valence-electron chi connectivity index (χ0n) is 12.4. The fourth-order valence-electron chi connectivity index (χ4n) is 2.25. The van der Waals surface area contributed by atoms with Crippen LogP contribution in [-0.4, -0.2) is 30.4 Å². The van der Waals surface area contributed by atoms with Crippen molar-refractivity contribution < 1.29 is 9.18 Å². The van der Waals surface area contributed by atoms with Gasteiger partial charge < -0.3 is 10.6 Å². The molecule has 0 unspecified atom stereocenters. The molecular weight excluding hydrogens is 267 g/mol. The number of hydrogen-bond acceptors (Lipinski definition) is 2. The van der Waals surface area contributed by atoms with Crippen molar-refractivity contribution in [3.8, 4) is 11.8 Å². The molecule has 1 fully saturated rings. The van der Waals surface area contributed by atoms with E-state index in [9.17, 15) is 9.18 Å². The van der Waals surface area contributed by atoms with E-state index in [1.165, 1.54) is 25.0 Å². The van der Waals surface area contributed by atoms with Gasteiger partial charge in [-0.1, -0.05) is 18.8 Å². The average Bonchev–Trinajstić information content (AvgIpc) is 3.28. The van der Waals surface area contributed by atoms with Gasteiger partial charge in [-0.05, 0) is 43.4 Å². The lowest BCUT2D eigenvalue weighted by atomic mass is 10.1. The Hall–Kier alpha value is -1.86. The second-order valence-electron chi connectivity index (χ2n) is 5.40. The maximum Gasteiger partial charge on any atom is 0.256 e. The molecular formula is C17H21FN2O. The van der Waals surface area contributed by atoms with Crippen LogP contribution in [0.2, 0.25) is 0 Å². The van der Waals surface area contributed by atoms with Gasteiger partial charge in [0.25, 0.3) is 5.91 Å². The second kappa shape index (κ2) is 7.24. The molecule has 3 nitrogen and oxygen atoms in total. The zero-order valence-corrected chi connectivity index (χ0v) is 12.4. The van der Waals surface area contributed by atoms with Crippen molar-refractivity contribution in [2.45, 2.75) is 26.2 Å². The summed E-state index contributed by atoms with van der Waals surface area (Å²) in [4.78, 5) is 14.2. The van der Waals surface area contributed by atoms with Crippen molar-refractivity contribution in [2.75, 3.05) is 19.6 Å². The van der Waals surface area contributed by atoms with Gasteiger partial charge in [0.15, 0.2) is 0 Å². The Balaban J connectivity index is 2.16. The molecule has 1 saturated carbocycles. The van der Waals surface area contributed by atoms with Crippen molar-refractivity contribution in [2.24, 2.45) is 11.7 Å². The van der Waals surface area contributed by atoms with Gasteiger partial charge in [0.05, 0.1) is 12.1 Å². The molecule has 1 amide bonds. The minimum absolute atomic E-state index is 0.127. The van der Waals surface area contributed by atoms with Crippen LogP contribution in [-0.2, 0) is 0 Å². The van der Waals surface area contributed by atoms with Crippen LogP contribution in [0.25, 0.3) is 0 Å². The van der Waals surface area contributed by atoms with Crippen molar-refractivity contribution in [3.05, 3.63) is 35.1 Å². The third kappa shape index (κ3) is 4.30. The highest BCUT2D eigenvalue weighted by molar-refractivity contribution is 5.94. The number of rotatable bonds is 5. The van der Waals surface area contributed by atoms with Gasteiger partial charge in [0.2, 0.25) is 0 Å². The lowest BCUT2D eigenvalue weighted by molar-refractivity contribution is 0.0743. The Morgan fingerprint density at radius 2 is 2.24 bits per heavy atom. The van der Waals surface area contributed by atoms with Crippen LogP contribution >= 0.6 is 0 Å². The van der Waals surface area contributed by atoms with E-state index in [2.05, 4.69) is 11.8 Å². The topological polar surface area (TPSA) is 46.3 Å². The van der Waals surface area contributed by atoms with E-state index in [-0.39, 0.29) is 18.0 Å². The minimum Gasteiger partial charge on any atom is -0.338 e. The molecule has 1 aromatic rings. The molecule has 0 aromatic heterocycles. The summed E-state index contributed by atoms with van der Waals surface area (Å²) in [5, 5.41) is 0. The van der Waals surface area contributed by atoms with E-state index < -0.39 is 5.82 Å². The number of halogens is 1. The summed E-state index contributed by atoms with van der Waals surface area (Å²) in [6, 6.07) is 4.49. The fraction of sp³-hybridized carbons (Fsp3) is 0.471. The normalized spacial score (nSPS) is 13.5. The Morgan fingerprint density at radius 3 is 2.81 bits per heavy atom. The quantitative estimate of drug-likeness (QED) is 0.846. The monoisotopic (exact) mass is 288 g/mol. The number of carbonyl (C=O) groups excluding carboxylic acids is 1. The van der Waals surface area contributed by atoms with E-state index in [0.29, 0.717) is 18.0 Å². The number of carbonyl (C=O) groups is 1. The first-order valence-electron chi connectivity index (χ1n) is 7.43. The van der Waals surface area contributed by atoms with Crippen molar-refractivity contribution in [1.82, 2.24) is 4.90 Å². The van der Waals surface area contributed by atoms with Gasteiger partial charge in [-0.3, -0.25) is 4.79 Å². The van der Waals surface area contributed by atoms with Gasteiger partial charge >= 0.3 is 0 Å². The van der Waals surface area contributed by atoms with Crippen molar-refractivity contribution in [1.29, 1.82) is 0 Å². The molecule has 1 aliphatic carbocycles. The van der Waals surface area contributed by atoms with Crippen LogP contribution in [0, 0.1) is 23.6 Å². The number of nitrogens with zero attached hydrogens (tertiary/aromatic N) is 1. The van der Waals surface area contributed by atoms with Crippen molar-refractivity contribution in [3.63, 3.8) is 0 Å². The number of hydrogen-bond donors (Lipinski definition) is 1. The van der Waals surface area contributed by atoms with Crippen LogP contribution in [0.5, 0.6) is 0 Å². The molecule has 0 heterocycles. The third-order valence-electron chi connectivity index (χ3n) is 3.49. The SMILES string of the molecule is CCCN(CC1CC1)C(=O)c1ccc(C#CCN)cc1F. The van der Waals surface area contributed by atoms with Crippen LogP contribution in [0.15, 0.2) is 18.2 Å². The van der Waals surface area contributed by atoms with Crippen LogP contribution < -0.4 is 5.73 Å². The van der Waals surface area contributed by atoms with E-state index >= 15 is 0 Å². The maximum atomic E-state index is 14.1. The highest BCUT2D eigenvalue weighted by Gasteiger charge is 2.27. The van der Waals surface area contributed by atoms with Gasteiger partial charge in [-0.25, -0.2) is 4.39 Å². The summed E-state index contributed by atoms with van der Waals surface area (Å²) in [7, 11) is 0. The molecule has 0 saturated heterocycles. The van der Waals surface area contributed by atoms with Crippen LogP contribution in [0.4, 0.5) is 4.39 Å². The highest BCUT2D eigenvalue weighted by atomic mass is 19.1. The van der Waals surface area contributed by atoms with Crippen molar-refractivity contribution >= 4 is 5.91 Å². The van der Waals surface area contributed by atoms with E-state index in [1.807, 2.05) is 6.92 Å². The summed E-state index contributed by atoms with van der Waals surface area (Å²) in [6.07, 6.45) is 3.22. The molecule has 21 heavy (non-hydrogen) atoms. The first-order valence-corrected chi connectivity index (χ1v) is 7.43. The average molecular weight is 288 g/mol. The Bertz CT molecular complexity index is 570. The third-order valence-corrected chi connectivity index (χ3v) is 3.49. The number of nitrogens with two attached hydrogens (primary N) is 1. The summed E-state index contributed by atoms with van der Waals surface area (Å²) < 4.78 is 14.1. The Kier molecular flexibility index (Phi) is 5.35. The van der Waals surface area contributed by atoms with Gasteiger partial charge in [0, 0.05) is 18.7 Å². The van der Waals surface area contributed by atoms with Crippen LogP contribution in [0.3, 0.4) is 0 Å². The molecule has 2 N–H and O–H groups in total. The lowest BCUT2D eigenvalue weighted by Crippen LogP contribution is -2.34. The zero-order chi connectivity index (χ0) is 15.2. The molecule has 1 aromatic carbocycles. The van der Waals surface area contributed by atoms with E-state index in [1.54, 1.807) is 11.0 Å². The Morgan fingerprint density at radius 1 is 1.48 bits per heavy atom. The summed E-state index contributed by atoms with van der Waals surface area (Å²) in [6.45, 7) is 3.66. The van der Waals surface area contributed by atoms with E-state index in [0.717, 1.165) is 13.0 Å². The molecule has 1 aliphatic rings. The summed E-state index contributed by atoms with van der Waals surface area (Å²) in [5.74, 6) is 5.30. The maximum absolute atomic E-state index is 14.1. The standard InChI is InChI=1S/C17H21FN2O/c1-2-10-20(12-14-5-6-14)17(21)15-8-7-13(4-3-9-19)11-16(15)18/h7-8,11,14H,2,5-6,9-10,12,19H2,1H3. The molecule has 0 spiro atoms. The summed E-state index contributed by atoms with van der Waals surface area (Å²) >= 11 is 0. The molecule has 2 rings (SSSR count). The minimum atomic E-state index is -0.513. The molecule has 0 radical (unpaired) electrons. The predicted molar refractivity (Wildman–Crippen MR) is 81.3 cm³/mol. The molecule has 112 valence electrons. The van der Waals surface area contributed by atoms with Gasteiger partial charge in [0.1, 0.15) is 5.82 Å². The largest absolute Gasteiger partial charge is 0.338 e. The smallest absolute Gasteiger partial charge is 0.256 e. The molecule has 0 bridgehead atoms. The highest BCUT2D eigenvalue weighted by Crippen LogP contribution is 2.30. The Labute approximate surface area is 125 Å². The summed E-state index contributed by atoms with van der Waals surface area (Å²) in [5.41, 5.74) is 5.96. The first-order chi connectivity index (χ1) is 10.2. The molecule has 0 aliphatic heterocycles. The molecule has 4 heteroatoms. The number of amides is 1. The fourth-order valence-corrected chi connectivity index (χ4v) is 2.25. The van der Waals surface area contributed by atoms with Gasteiger partial charge in [-0.2, -0.15) is 0 Å². The van der Waals surface area contributed by atoms with Crippen LogP contribution in [0.1, 0.15) is 42.1 Å². The lowest BCUT2D eigenvalue weighted by Gasteiger charge is -2.22. The molecule has 0 atom stereocenters. The first kappa shape index (κ1) is 15.5.